The van der Waals surface area contributed by atoms with Gasteiger partial charge in [0, 0.05) is 38.3 Å². The second kappa shape index (κ2) is 8.79. The van der Waals surface area contributed by atoms with Crippen molar-refractivity contribution in [2.75, 3.05) is 44.2 Å². The number of sulfone groups is 1. The van der Waals surface area contributed by atoms with Crippen molar-refractivity contribution in [3.05, 3.63) is 0 Å². The van der Waals surface area contributed by atoms with Crippen LogP contribution >= 0.6 is 0 Å². The van der Waals surface area contributed by atoms with Gasteiger partial charge in [0.2, 0.25) is 5.91 Å². The van der Waals surface area contributed by atoms with Crippen LogP contribution in [0, 0.1) is 0 Å². The summed E-state index contributed by atoms with van der Waals surface area (Å²) in [5.74, 6) is 0.314. The lowest BCUT2D eigenvalue weighted by Gasteiger charge is -2.38. The third-order valence-electron chi connectivity index (χ3n) is 5.99. The van der Waals surface area contributed by atoms with E-state index in [1.807, 2.05) is 25.7 Å². The Morgan fingerprint density at radius 3 is 2.14 bits per heavy atom. The number of rotatable bonds is 4. The first-order valence-electron chi connectivity index (χ1n) is 10.8. The van der Waals surface area contributed by atoms with Crippen LogP contribution in [0.2, 0.25) is 0 Å². The fraction of sp³-hybridized carbons (Fsp3) is 0.900. The minimum atomic E-state index is -3.03. The Hall–Kier alpha value is -1.35. The Balaban J connectivity index is 1.56. The summed E-state index contributed by atoms with van der Waals surface area (Å²) < 4.78 is 29.4. The van der Waals surface area contributed by atoms with Gasteiger partial charge in [0.15, 0.2) is 9.84 Å². The summed E-state index contributed by atoms with van der Waals surface area (Å²) in [5, 5.41) is 0. The van der Waals surface area contributed by atoms with Gasteiger partial charge in [-0.2, -0.15) is 0 Å². The Morgan fingerprint density at radius 2 is 1.62 bits per heavy atom. The fourth-order valence-electron chi connectivity index (χ4n) is 4.57. The van der Waals surface area contributed by atoms with Gasteiger partial charge in [-0.1, -0.05) is 12.8 Å². The molecule has 0 aromatic heterocycles. The Bertz CT molecular complexity index is 704. The number of amides is 2. The summed E-state index contributed by atoms with van der Waals surface area (Å²) in [6.07, 6.45) is 4.37. The van der Waals surface area contributed by atoms with Crippen molar-refractivity contribution in [3.8, 4) is 0 Å². The standard InChI is InChI=1S/C20H35N3O5S/c1-20(2,3)28-19(25)22-11-9-21(10-12-22)14-18(24)23(16-6-4-5-7-16)17-8-13-29(26,27)15-17/h16-17H,4-15H2,1-3H3. The van der Waals surface area contributed by atoms with Crippen LogP contribution in [0.15, 0.2) is 0 Å². The zero-order valence-corrected chi connectivity index (χ0v) is 18.7. The van der Waals surface area contributed by atoms with Gasteiger partial charge in [-0.05, 0) is 40.0 Å². The molecule has 8 nitrogen and oxygen atoms in total. The number of ether oxygens (including phenoxy) is 1. The molecule has 3 rings (SSSR count). The molecule has 2 heterocycles. The molecule has 9 heteroatoms. The lowest BCUT2D eigenvalue weighted by Crippen LogP contribution is -2.55. The summed E-state index contributed by atoms with van der Waals surface area (Å²) in [6, 6.07) is -0.0116. The van der Waals surface area contributed by atoms with Crippen LogP contribution in [0.1, 0.15) is 52.9 Å². The number of carbonyl (C=O) groups excluding carboxylic acids is 2. The molecule has 2 amide bonds. The molecule has 0 bridgehead atoms. The van der Waals surface area contributed by atoms with E-state index in [0.29, 0.717) is 32.6 Å². The molecule has 0 aromatic rings. The van der Waals surface area contributed by atoms with Gasteiger partial charge in [-0.25, -0.2) is 13.2 Å². The highest BCUT2D eigenvalue weighted by atomic mass is 32.2. The maximum absolute atomic E-state index is 13.2. The summed E-state index contributed by atoms with van der Waals surface area (Å²) in [5.41, 5.74) is -0.520. The van der Waals surface area contributed by atoms with Crippen molar-refractivity contribution in [2.45, 2.75) is 70.6 Å². The second-order valence-corrected chi connectivity index (χ2v) is 11.8. The van der Waals surface area contributed by atoms with E-state index in [-0.39, 0.29) is 42.1 Å². The first-order valence-corrected chi connectivity index (χ1v) is 12.6. The number of hydrogen-bond acceptors (Lipinski definition) is 6. The molecule has 166 valence electrons. The SMILES string of the molecule is CC(C)(C)OC(=O)N1CCN(CC(=O)N(C2CCCC2)C2CCS(=O)(=O)C2)CC1. The molecule has 2 saturated heterocycles. The van der Waals surface area contributed by atoms with Gasteiger partial charge >= 0.3 is 6.09 Å². The van der Waals surface area contributed by atoms with E-state index in [1.54, 1.807) is 4.90 Å². The Kier molecular flexibility index (Phi) is 6.77. The molecule has 1 aliphatic carbocycles. The van der Waals surface area contributed by atoms with Crippen molar-refractivity contribution in [3.63, 3.8) is 0 Å². The highest BCUT2D eigenvalue weighted by molar-refractivity contribution is 7.91. The lowest BCUT2D eigenvalue weighted by atomic mass is 10.1. The van der Waals surface area contributed by atoms with Crippen molar-refractivity contribution < 1.29 is 22.7 Å². The minimum absolute atomic E-state index is 0.0321. The van der Waals surface area contributed by atoms with Gasteiger partial charge < -0.3 is 14.5 Å². The van der Waals surface area contributed by atoms with Crippen molar-refractivity contribution in [1.29, 1.82) is 0 Å². The first kappa shape index (κ1) is 22.3. The predicted molar refractivity (Wildman–Crippen MR) is 110 cm³/mol. The van der Waals surface area contributed by atoms with Crippen LogP contribution in [0.4, 0.5) is 4.79 Å². The zero-order chi connectivity index (χ0) is 21.2. The summed E-state index contributed by atoms with van der Waals surface area (Å²) in [6.45, 7) is 8.13. The largest absolute Gasteiger partial charge is 0.444 e. The minimum Gasteiger partial charge on any atom is -0.444 e. The third kappa shape index (κ3) is 6.07. The molecule has 2 aliphatic heterocycles. The van der Waals surface area contributed by atoms with Crippen molar-refractivity contribution in [1.82, 2.24) is 14.7 Å². The maximum atomic E-state index is 13.2. The van der Waals surface area contributed by atoms with Crippen LogP contribution in [0.3, 0.4) is 0 Å². The van der Waals surface area contributed by atoms with Crippen molar-refractivity contribution in [2.24, 2.45) is 0 Å². The molecular formula is C20H35N3O5S. The number of piperazine rings is 1. The molecule has 0 aromatic carbocycles. The van der Waals surface area contributed by atoms with Crippen molar-refractivity contribution >= 4 is 21.8 Å². The molecule has 1 unspecified atom stereocenters. The average molecular weight is 430 g/mol. The fourth-order valence-corrected chi connectivity index (χ4v) is 6.28. The number of nitrogens with zero attached hydrogens (tertiary/aromatic N) is 3. The van der Waals surface area contributed by atoms with Crippen LogP contribution in [-0.2, 0) is 19.4 Å². The van der Waals surface area contributed by atoms with Gasteiger partial charge in [0.1, 0.15) is 5.60 Å². The molecule has 29 heavy (non-hydrogen) atoms. The van der Waals surface area contributed by atoms with Gasteiger partial charge in [0.05, 0.1) is 18.1 Å². The van der Waals surface area contributed by atoms with Gasteiger partial charge in [-0.15, -0.1) is 0 Å². The normalized spacial score (nSPS) is 25.9. The van der Waals surface area contributed by atoms with E-state index in [1.165, 1.54) is 0 Å². The molecule has 3 fully saturated rings. The Labute approximate surface area is 174 Å². The average Bonchev–Trinajstić information content (AvgIpc) is 3.24. The topological polar surface area (TPSA) is 87.2 Å². The molecule has 0 radical (unpaired) electrons. The van der Waals surface area contributed by atoms with E-state index in [4.69, 9.17) is 4.74 Å². The first-order chi connectivity index (χ1) is 13.5. The van der Waals surface area contributed by atoms with Crippen LogP contribution < -0.4 is 0 Å². The molecule has 0 spiro atoms. The van der Waals surface area contributed by atoms with Gasteiger partial charge in [-0.3, -0.25) is 9.69 Å². The highest BCUT2D eigenvalue weighted by Crippen LogP contribution is 2.29. The highest BCUT2D eigenvalue weighted by Gasteiger charge is 2.39. The van der Waals surface area contributed by atoms with Crippen LogP contribution in [0.5, 0.6) is 0 Å². The number of carbonyl (C=O) groups is 2. The van der Waals surface area contributed by atoms with Crippen LogP contribution in [-0.4, -0.2) is 97.0 Å². The van der Waals surface area contributed by atoms with E-state index in [2.05, 4.69) is 4.90 Å². The monoisotopic (exact) mass is 429 g/mol. The summed E-state index contributed by atoms with van der Waals surface area (Å²) >= 11 is 0. The Morgan fingerprint density at radius 1 is 1.00 bits per heavy atom. The molecule has 1 saturated carbocycles. The maximum Gasteiger partial charge on any atom is 0.410 e. The van der Waals surface area contributed by atoms with E-state index in [9.17, 15) is 18.0 Å². The molecule has 0 N–H and O–H groups in total. The second-order valence-electron chi connectivity index (χ2n) is 9.54. The number of hydrogen-bond donors (Lipinski definition) is 0. The zero-order valence-electron chi connectivity index (χ0n) is 17.9. The smallest absolute Gasteiger partial charge is 0.410 e. The van der Waals surface area contributed by atoms with Crippen LogP contribution in [0.25, 0.3) is 0 Å². The van der Waals surface area contributed by atoms with E-state index < -0.39 is 15.4 Å². The summed E-state index contributed by atoms with van der Waals surface area (Å²) in [7, 11) is -3.03. The lowest BCUT2D eigenvalue weighted by molar-refractivity contribution is -0.137. The molecule has 1 atom stereocenters. The van der Waals surface area contributed by atoms with Gasteiger partial charge in [0.25, 0.3) is 0 Å². The third-order valence-corrected chi connectivity index (χ3v) is 7.74. The predicted octanol–water partition coefficient (Wildman–Crippen LogP) is 1.50. The molecule has 3 aliphatic rings. The summed E-state index contributed by atoms with van der Waals surface area (Å²) in [4.78, 5) is 31.0. The quantitative estimate of drug-likeness (QED) is 0.673. The van der Waals surface area contributed by atoms with E-state index in [0.717, 1.165) is 25.7 Å². The van der Waals surface area contributed by atoms with E-state index >= 15 is 0 Å². The molecular weight excluding hydrogens is 394 g/mol.